The summed E-state index contributed by atoms with van der Waals surface area (Å²) in [6.45, 7) is 1.02. The van der Waals surface area contributed by atoms with Crippen LogP contribution in [0.5, 0.6) is 0 Å². The summed E-state index contributed by atoms with van der Waals surface area (Å²) in [6.07, 6.45) is 5.68. The Bertz CT molecular complexity index is 583. The van der Waals surface area contributed by atoms with Crippen LogP contribution in [0.25, 0.3) is 11.3 Å². The second kappa shape index (κ2) is 6.48. The largest absolute Gasteiger partial charge is 0.309 e. The highest BCUT2D eigenvalue weighted by atomic mass is 35.5. The molecule has 1 aliphatic rings. The first-order valence-electron chi connectivity index (χ1n) is 6.25. The lowest BCUT2D eigenvalue weighted by Crippen LogP contribution is -2.14. The number of aromatic nitrogens is 2. The minimum absolute atomic E-state index is 0. The smallest absolute Gasteiger partial charge is 0.142 e. The fourth-order valence-corrected chi connectivity index (χ4v) is 2.38. The average Bonchev–Trinajstić information content (AvgIpc) is 2.96. The molecule has 1 aromatic heterocycles. The standard InChI is InChI=1S/C14H13ClFN3.ClH/c15-10-4-3-9(6-11(10)16)13-7-19-14(8-18-13)12-2-1-5-17-12;/h3-4,6-8,12,17H,1-2,5H2;1H. The van der Waals surface area contributed by atoms with Gasteiger partial charge in [-0.25, -0.2) is 4.39 Å². The van der Waals surface area contributed by atoms with Crippen LogP contribution in [-0.2, 0) is 0 Å². The topological polar surface area (TPSA) is 37.8 Å². The van der Waals surface area contributed by atoms with Crippen LogP contribution in [0.4, 0.5) is 4.39 Å². The zero-order chi connectivity index (χ0) is 13.2. The number of rotatable bonds is 2. The first kappa shape index (κ1) is 15.2. The molecule has 0 spiro atoms. The van der Waals surface area contributed by atoms with E-state index in [1.807, 2.05) is 0 Å². The van der Waals surface area contributed by atoms with Gasteiger partial charge in [0.25, 0.3) is 0 Å². The van der Waals surface area contributed by atoms with Crippen LogP contribution < -0.4 is 5.32 Å². The predicted molar refractivity (Wildman–Crippen MR) is 79.7 cm³/mol. The molecular weight excluding hydrogens is 300 g/mol. The summed E-state index contributed by atoms with van der Waals surface area (Å²) in [5, 5.41) is 3.48. The van der Waals surface area contributed by atoms with E-state index in [0.29, 0.717) is 17.3 Å². The van der Waals surface area contributed by atoms with E-state index in [4.69, 9.17) is 11.6 Å². The molecule has 2 aromatic rings. The molecule has 1 atom stereocenters. The van der Waals surface area contributed by atoms with Gasteiger partial charge in [-0.3, -0.25) is 9.97 Å². The molecular formula is C14H14Cl2FN3. The summed E-state index contributed by atoms with van der Waals surface area (Å²) in [5.74, 6) is -0.442. The Balaban J connectivity index is 0.00000147. The Kier molecular flexibility index (Phi) is 4.91. The van der Waals surface area contributed by atoms with Crippen molar-refractivity contribution in [3.8, 4) is 11.3 Å². The van der Waals surface area contributed by atoms with Crippen molar-refractivity contribution in [1.82, 2.24) is 15.3 Å². The molecule has 1 N–H and O–H groups in total. The van der Waals surface area contributed by atoms with Crippen molar-refractivity contribution in [2.45, 2.75) is 18.9 Å². The number of hydrogen-bond donors (Lipinski definition) is 1. The predicted octanol–water partition coefficient (Wildman–Crippen LogP) is 3.78. The first-order chi connectivity index (χ1) is 9.24. The normalized spacial score (nSPS) is 17.8. The molecule has 106 valence electrons. The summed E-state index contributed by atoms with van der Waals surface area (Å²) in [4.78, 5) is 8.76. The molecule has 0 bridgehead atoms. The van der Waals surface area contributed by atoms with Crippen LogP contribution in [0.1, 0.15) is 24.6 Å². The highest BCUT2D eigenvalue weighted by Gasteiger charge is 2.17. The maximum Gasteiger partial charge on any atom is 0.142 e. The summed E-state index contributed by atoms with van der Waals surface area (Å²) >= 11 is 5.66. The Labute approximate surface area is 128 Å². The summed E-state index contributed by atoms with van der Waals surface area (Å²) in [5.41, 5.74) is 2.27. The molecule has 0 radical (unpaired) electrons. The quantitative estimate of drug-likeness (QED) is 0.916. The molecule has 3 rings (SSSR count). The lowest BCUT2D eigenvalue weighted by molar-refractivity contribution is 0.624. The van der Waals surface area contributed by atoms with Crippen LogP contribution in [0.3, 0.4) is 0 Å². The van der Waals surface area contributed by atoms with E-state index < -0.39 is 5.82 Å². The molecule has 1 saturated heterocycles. The molecule has 0 aliphatic carbocycles. The molecule has 1 fully saturated rings. The Morgan fingerprint density at radius 1 is 1.25 bits per heavy atom. The molecule has 1 unspecified atom stereocenters. The Hall–Kier alpha value is -1.23. The maximum atomic E-state index is 13.4. The molecule has 0 amide bonds. The minimum atomic E-state index is -0.442. The number of benzene rings is 1. The van der Waals surface area contributed by atoms with Gasteiger partial charge in [-0.05, 0) is 31.5 Å². The number of nitrogens with zero attached hydrogens (tertiary/aromatic N) is 2. The van der Waals surface area contributed by atoms with Gasteiger partial charge in [0.2, 0.25) is 0 Å². The highest BCUT2D eigenvalue weighted by Crippen LogP contribution is 2.24. The molecule has 3 nitrogen and oxygen atoms in total. The Morgan fingerprint density at radius 3 is 2.70 bits per heavy atom. The number of hydrogen-bond acceptors (Lipinski definition) is 3. The first-order valence-corrected chi connectivity index (χ1v) is 6.62. The lowest BCUT2D eigenvalue weighted by Gasteiger charge is -2.09. The molecule has 1 aromatic carbocycles. The second-order valence-electron chi connectivity index (χ2n) is 4.60. The van der Waals surface area contributed by atoms with Crippen molar-refractivity contribution in [3.05, 3.63) is 47.1 Å². The van der Waals surface area contributed by atoms with Crippen LogP contribution in [-0.4, -0.2) is 16.5 Å². The van der Waals surface area contributed by atoms with E-state index in [1.165, 1.54) is 12.1 Å². The van der Waals surface area contributed by atoms with Gasteiger partial charge < -0.3 is 5.32 Å². The van der Waals surface area contributed by atoms with E-state index in [2.05, 4.69) is 15.3 Å². The minimum Gasteiger partial charge on any atom is -0.309 e. The van der Waals surface area contributed by atoms with Crippen molar-refractivity contribution in [2.75, 3.05) is 6.54 Å². The summed E-state index contributed by atoms with van der Waals surface area (Å²) < 4.78 is 13.4. The fourth-order valence-electron chi connectivity index (χ4n) is 2.26. The summed E-state index contributed by atoms with van der Waals surface area (Å²) in [6, 6.07) is 4.94. The van der Waals surface area contributed by atoms with Gasteiger partial charge in [-0.1, -0.05) is 17.7 Å². The van der Waals surface area contributed by atoms with Crippen molar-refractivity contribution in [3.63, 3.8) is 0 Å². The zero-order valence-electron chi connectivity index (χ0n) is 10.6. The molecule has 1 aliphatic heterocycles. The third kappa shape index (κ3) is 3.08. The van der Waals surface area contributed by atoms with Gasteiger partial charge in [0.1, 0.15) is 5.82 Å². The lowest BCUT2D eigenvalue weighted by atomic mass is 10.1. The van der Waals surface area contributed by atoms with Gasteiger partial charge >= 0.3 is 0 Å². The van der Waals surface area contributed by atoms with Crippen LogP contribution >= 0.6 is 24.0 Å². The maximum absolute atomic E-state index is 13.4. The van der Waals surface area contributed by atoms with Gasteiger partial charge in [0, 0.05) is 5.56 Å². The SMILES string of the molecule is Cl.Fc1cc(-c2cnc(C3CCCN3)cn2)ccc1Cl. The average molecular weight is 314 g/mol. The van der Waals surface area contributed by atoms with Crippen LogP contribution in [0.15, 0.2) is 30.6 Å². The second-order valence-corrected chi connectivity index (χ2v) is 5.01. The van der Waals surface area contributed by atoms with Gasteiger partial charge in [-0.15, -0.1) is 12.4 Å². The third-order valence-electron chi connectivity index (χ3n) is 3.30. The van der Waals surface area contributed by atoms with Crippen LogP contribution in [0, 0.1) is 5.82 Å². The van der Waals surface area contributed by atoms with Gasteiger partial charge in [0.05, 0.1) is 34.8 Å². The summed E-state index contributed by atoms with van der Waals surface area (Å²) in [7, 11) is 0. The van der Waals surface area contributed by atoms with Gasteiger partial charge in [0.15, 0.2) is 0 Å². The fraction of sp³-hybridized carbons (Fsp3) is 0.286. The third-order valence-corrected chi connectivity index (χ3v) is 3.61. The van der Waals surface area contributed by atoms with E-state index in [-0.39, 0.29) is 17.4 Å². The number of nitrogens with one attached hydrogen (secondary N) is 1. The van der Waals surface area contributed by atoms with Crippen molar-refractivity contribution in [2.24, 2.45) is 0 Å². The van der Waals surface area contributed by atoms with Crippen molar-refractivity contribution in [1.29, 1.82) is 0 Å². The zero-order valence-corrected chi connectivity index (χ0v) is 12.2. The molecule has 0 saturated carbocycles. The Morgan fingerprint density at radius 2 is 2.10 bits per heavy atom. The van der Waals surface area contributed by atoms with E-state index in [9.17, 15) is 4.39 Å². The van der Waals surface area contributed by atoms with Crippen molar-refractivity contribution >= 4 is 24.0 Å². The monoisotopic (exact) mass is 313 g/mol. The van der Waals surface area contributed by atoms with Crippen molar-refractivity contribution < 1.29 is 4.39 Å². The van der Waals surface area contributed by atoms with Crippen LogP contribution in [0.2, 0.25) is 5.02 Å². The number of halogens is 3. The van der Waals surface area contributed by atoms with E-state index >= 15 is 0 Å². The molecule has 2 heterocycles. The molecule has 6 heteroatoms. The van der Waals surface area contributed by atoms with E-state index in [1.54, 1.807) is 18.5 Å². The molecule has 20 heavy (non-hydrogen) atoms. The highest BCUT2D eigenvalue weighted by molar-refractivity contribution is 6.30. The van der Waals surface area contributed by atoms with E-state index in [0.717, 1.165) is 25.1 Å². The van der Waals surface area contributed by atoms with Gasteiger partial charge in [-0.2, -0.15) is 0 Å².